The number of carbonyl (C=O) groups excluding carboxylic acids is 2. The normalized spacial score (nSPS) is 9.64. The van der Waals surface area contributed by atoms with Crippen molar-refractivity contribution in [1.82, 2.24) is 0 Å². The van der Waals surface area contributed by atoms with E-state index in [9.17, 15) is 9.59 Å². The second-order valence-electron chi connectivity index (χ2n) is 6.01. The van der Waals surface area contributed by atoms with E-state index in [1.54, 1.807) is 6.92 Å². The minimum absolute atomic E-state index is 0.167. The first kappa shape index (κ1) is 23.2. The molecular formula is C19H36O3. The average molecular weight is 312 g/mol. The molecule has 0 radical (unpaired) electrons. The maximum absolute atomic E-state index is 11.1. The van der Waals surface area contributed by atoms with Crippen molar-refractivity contribution in [2.75, 3.05) is 6.61 Å². The molecule has 22 heavy (non-hydrogen) atoms. The summed E-state index contributed by atoms with van der Waals surface area (Å²) in [7, 11) is 0. The molecular weight excluding hydrogens is 276 g/mol. The highest BCUT2D eigenvalue weighted by Crippen LogP contribution is 2.10. The summed E-state index contributed by atoms with van der Waals surface area (Å²) in [6, 6.07) is 0. The maximum atomic E-state index is 11.1. The lowest BCUT2D eigenvalue weighted by Gasteiger charge is -2.04. The summed E-state index contributed by atoms with van der Waals surface area (Å²) in [6.07, 6.45) is 13.0. The van der Waals surface area contributed by atoms with E-state index in [4.69, 9.17) is 4.74 Å². The Balaban J connectivity index is 0. The van der Waals surface area contributed by atoms with Gasteiger partial charge in [0.15, 0.2) is 0 Å². The van der Waals surface area contributed by atoms with Crippen LogP contribution in [0.1, 0.15) is 91.9 Å². The van der Waals surface area contributed by atoms with Gasteiger partial charge in [0.05, 0.1) is 6.61 Å². The maximum Gasteiger partial charge on any atom is 0.333 e. The number of Topliss-reactive ketones (excluding diaryl/α,β-unsaturated/α-hetero) is 1. The second-order valence-corrected chi connectivity index (χ2v) is 6.01. The standard InChI is InChI=1S/C16H30O2.C3H6O/c1-4-5-6-7-8-9-10-11-12-13-14-18-16(17)15(2)3;1-3(2)4/h2,4-14H2,1,3H3;1-2H3. The van der Waals surface area contributed by atoms with E-state index in [-0.39, 0.29) is 11.8 Å². The topological polar surface area (TPSA) is 43.4 Å². The van der Waals surface area contributed by atoms with Crippen LogP contribution in [0.5, 0.6) is 0 Å². The molecule has 0 fully saturated rings. The molecule has 0 rings (SSSR count). The van der Waals surface area contributed by atoms with Crippen LogP contribution in [-0.4, -0.2) is 18.4 Å². The molecule has 0 atom stereocenters. The number of esters is 1. The Hall–Kier alpha value is -1.12. The first-order valence-electron chi connectivity index (χ1n) is 8.71. The van der Waals surface area contributed by atoms with E-state index in [1.165, 1.54) is 71.6 Å². The van der Waals surface area contributed by atoms with Crippen LogP contribution in [0, 0.1) is 0 Å². The number of hydrogen-bond donors (Lipinski definition) is 0. The first-order chi connectivity index (χ1) is 10.4. The molecule has 3 nitrogen and oxygen atoms in total. The first-order valence-corrected chi connectivity index (χ1v) is 8.71. The molecule has 0 aromatic heterocycles. The van der Waals surface area contributed by atoms with Crippen molar-refractivity contribution >= 4 is 11.8 Å². The third kappa shape index (κ3) is 23.9. The third-order valence-corrected chi connectivity index (χ3v) is 3.08. The zero-order chi connectivity index (χ0) is 17.2. The zero-order valence-electron chi connectivity index (χ0n) is 15.2. The van der Waals surface area contributed by atoms with E-state index in [2.05, 4.69) is 13.5 Å². The number of rotatable bonds is 12. The van der Waals surface area contributed by atoms with E-state index in [1.807, 2.05) is 0 Å². The van der Waals surface area contributed by atoms with Crippen LogP contribution in [0.15, 0.2) is 12.2 Å². The van der Waals surface area contributed by atoms with Gasteiger partial charge in [-0.25, -0.2) is 4.79 Å². The molecule has 0 bridgehead atoms. The lowest BCUT2D eigenvalue weighted by Crippen LogP contribution is -2.05. The Morgan fingerprint density at radius 3 is 1.50 bits per heavy atom. The van der Waals surface area contributed by atoms with Crippen molar-refractivity contribution in [3.8, 4) is 0 Å². The third-order valence-electron chi connectivity index (χ3n) is 3.08. The van der Waals surface area contributed by atoms with E-state index in [0.717, 1.165) is 6.42 Å². The van der Waals surface area contributed by atoms with Gasteiger partial charge in [-0.2, -0.15) is 0 Å². The predicted molar refractivity (Wildman–Crippen MR) is 94.0 cm³/mol. The summed E-state index contributed by atoms with van der Waals surface area (Å²) in [5, 5.41) is 0. The summed E-state index contributed by atoms with van der Waals surface area (Å²) in [6.45, 7) is 11.1. The summed E-state index contributed by atoms with van der Waals surface area (Å²) < 4.78 is 5.04. The van der Waals surface area contributed by atoms with Gasteiger partial charge in [-0.3, -0.25) is 0 Å². The monoisotopic (exact) mass is 312 g/mol. The number of unbranched alkanes of at least 4 members (excludes halogenated alkanes) is 9. The minimum atomic E-state index is -0.258. The number of ether oxygens (including phenoxy) is 1. The average Bonchev–Trinajstić information content (AvgIpc) is 2.43. The fourth-order valence-corrected chi connectivity index (χ4v) is 1.88. The molecule has 0 spiro atoms. The van der Waals surface area contributed by atoms with Crippen LogP contribution in [0.2, 0.25) is 0 Å². The molecule has 0 unspecified atom stereocenters. The molecule has 0 saturated heterocycles. The molecule has 130 valence electrons. The van der Waals surface area contributed by atoms with Gasteiger partial charge in [0.2, 0.25) is 0 Å². The van der Waals surface area contributed by atoms with Gasteiger partial charge in [-0.15, -0.1) is 0 Å². The van der Waals surface area contributed by atoms with Gasteiger partial charge in [-0.1, -0.05) is 71.3 Å². The summed E-state index contributed by atoms with van der Waals surface area (Å²) in [5.74, 6) is -0.0917. The van der Waals surface area contributed by atoms with E-state index in [0.29, 0.717) is 12.2 Å². The largest absolute Gasteiger partial charge is 0.462 e. The van der Waals surface area contributed by atoms with Crippen LogP contribution in [0.3, 0.4) is 0 Å². The molecule has 3 heteroatoms. The van der Waals surface area contributed by atoms with Crippen molar-refractivity contribution in [1.29, 1.82) is 0 Å². The second kappa shape index (κ2) is 17.9. The fourth-order valence-electron chi connectivity index (χ4n) is 1.88. The van der Waals surface area contributed by atoms with Gasteiger partial charge in [0.25, 0.3) is 0 Å². The van der Waals surface area contributed by atoms with Crippen LogP contribution in [0.4, 0.5) is 0 Å². The SMILES string of the molecule is C=C(C)C(=O)OCCCCCCCCCCCC.CC(C)=O. The Kier molecular flexibility index (Phi) is 18.9. The molecule has 0 aliphatic heterocycles. The van der Waals surface area contributed by atoms with Crippen molar-refractivity contribution in [2.24, 2.45) is 0 Å². The Bertz CT molecular complexity index is 291. The molecule has 0 aromatic rings. The molecule has 0 N–H and O–H groups in total. The lowest BCUT2D eigenvalue weighted by atomic mass is 10.1. The van der Waals surface area contributed by atoms with Crippen molar-refractivity contribution in [2.45, 2.75) is 91.9 Å². The van der Waals surface area contributed by atoms with Crippen molar-refractivity contribution in [3.05, 3.63) is 12.2 Å². The van der Waals surface area contributed by atoms with Gasteiger partial charge in [0.1, 0.15) is 5.78 Å². The highest BCUT2D eigenvalue weighted by atomic mass is 16.5. The van der Waals surface area contributed by atoms with E-state index >= 15 is 0 Å². The smallest absolute Gasteiger partial charge is 0.333 e. The van der Waals surface area contributed by atoms with Crippen LogP contribution < -0.4 is 0 Å². The van der Waals surface area contributed by atoms with E-state index < -0.39 is 0 Å². The van der Waals surface area contributed by atoms with Gasteiger partial charge in [-0.05, 0) is 27.2 Å². The highest BCUT2D eigenvalue weighted by Gasteiger charge is 2.01. The minimum Gasteiger partial charge on any atom is -0.462 e. The molecule has 0 saturated carbocycles. The number of ketones is 1. The van der Waals surface area contributed by atoms with Gasteiger partial charge < -0.3 is 9.53 Å². The Labute approximate surface area is 137 Å². The van der Waals surface area contributed by atoms with Crippen LogP contribution >= 0.6 is 0 Å². The molecule has 0 aliphatic rings. The van der Waals surface area contributed by atoms with Crippen LogP contribution in [-0.2, 0) is 14.3 Å². The molecule has 0 heterocycles. The summed E-state index contributed by atoms with van der Waals surface area (Å²) in [4.78, 5) is 20.5. The van der Waals surface area contributed by atoms with Crippen LogP contribution in [0.25, 0.3) is 0 Å². The predicted octanol–water partition coefficient (Wildman–Crippen LogP) is 5.62. The Morgan fingerprint density at radius 2 is 1.14 bits per heavy atom. The quantitative estimate of drug-likeness (QED) is 0.267. The molecule has 0 aliphatic carbocycles. The molecule has 0 aromatic carbocycles. The van der Waals surface area contributed by atoms with Crippen molar-refractivity contribution in [3.63, 3.8) is 0 Å². The highest BCUT2D eigenvalue weighted by molar-refractivity contribution is 5.86. The number of hydrogen-bond acceptors (Lipinski definition) is 3. The summed E-state index contributed by atoms with van der Waals surface area (Å²) >= 11 is 0. The molecule has 0 amide bonds. The Morgan fingerprint density at radius 1 is 0.773 bits per heavy atom. The van der Waals surface area contributed by atoms with Gasteiger partial charge >= 0.3 is 5.97 Å². The summed E-state index contributed by atoms with van der Waals surface area (Å²) in [5.41, 5.74) is 0.488. The van der Waals surface area contributed by atoms with Crippen molar-refractivity contribution < 1.29 is 14.3 Å². The number of carbonyl (C=O) groups is 2. The zero-order valence-corrected chi connectivity index (χ0v) is 15.2. The lowest BCUT2D eigenvalue weighted by molar-refractivity contribution is -0.139. The fraction of sp³-hybridized carbons (Fsp3) is 0.789. The van der Waals surface area contributed by atoms with Gasteiger partial charge in [0, 0.05) is 5.57 Å².